The lowest BCUT2D eigenvalue weighted by Crippen LogP contribution is -2.27. The summed E-state index contributed by atoms with van der Waals surface area (Å²) in [5, 5.41) is 9.16. The van der Waals surface area contributed by atoms with Gasteiger partial charge in [0.05, 0.1) is 10.6 Å². The number of nitrogens with zero attached hydrogens (tertiary/aromatic N) is 2. The van der Waals surface area contributed by atoms with Gasteiger partial charge in [-0.05, 0) is 42.7 Å². The van der Waals surface area contributed by atoms with Gasteiger partial charge in [-0.2, -0.15) is 4.37 Å². The monoisotopic (exact) mass is 330 g/mol. The Morgan fingerprint density at radius 2 is 1.90 bits per heavy atom. The molecule has 0 spiro atoms. The number of aryl methyl sites for hydroxylation is 1. The Morgan fingerprint density at radius 3 is 2.43 bits per heavy atom. The number of hydrogen-bond donors (Lipinski definition) is 1. The molecule has 0 atom stereocenters. The molecular formula is C12H11FN2O4S2. The molecule has 1 N–H and O–H groups in total. The first kappa shape index (κ1) is 15.4. The van der Waals surface area contributed by atoms with E-state index in [-0.39, 0.29) is 21.2 Å². The van der Waals surface area contributed by atoms with Crippen molar-refractivity contribution in [3.8, 4) is 0 Å². The van der Waals surface area contributed by atoms with E-state index in [4.69, 9.17) is 5.11 Å². The maximum absolute atomic E-state index is 12.9. The Bertz CT molecular complexity index is 784. The Hall–Kier alpha value is -2.00. The van der Waals surface area contributed by atoms with Gasteiger partial charge in [-0.25, -0.2) is 17.6 Å². The van der Waals surface area contributed by atoms with Gasteiger partial charge in [0.25, 0.3) is 10.0 Å². The Labute approximate surface area is 124 Å². The third-order valence-corrected chi connectivity index (χ3v) is 5.72. The van der Waals surface area contributed by atoms with E-state index in [9.17, 15) is 17.6 Å². The second-order valence-electron chi connectivity index (χ2n) is 4.18. The minimum Gasteiger partial charge on any atom is -0.478 e. The molecular weight excluding hydrogens is 319 g/mol. The highest BCUT2D eigenvalue weighted by molar-refractivity contribution is 7.93. The lowest BCUT2D eigenvalue weighted by atomic mass is 10.2. The Kier molecular flexibility index (Phi) is 3.97. The molecule has 0 aliphatic heterocycles. The number of aromatic nitrogens is 1. The largest absolute Gasteiger partial charge is 0.478 e. The van der Waals surface area contributed by atoms with Crippen LogP contribution >= 0.6 is 11.5 Å². The summed E-state index contributed by atoms with van der Waals surface area (Å²) in [6.45, 7) is 1.49. The molecule has 6 nitrogen and oxygen atoms in total. The van der Waals surface area contributed by atoms with Crippen LogP contribution in [0.4, 0.5) is 9.39 Å². The lowest BCUT2D eigenvalue weighted by molar-refractivity contribution is 0.0697. The number of benzene rings is 1. The number of sulfonamides is 1. The number of carbonyl (C=O) groups is 1. The molecule has 112 valence electrons. The number of halogens is 1. The molecule has 0 saturated heterocycles. The zero-order valence-electron chi connectivity index (χ0n) is 11.1. The molecule has 1 aromatic carbocycles. The molecule has 21 heavy (non-hydrogen) atoms. The van der Waals surface area contributed by atoms with Crippen LogP contribution in [0.15, 0.2) is 29.2 Å². The van der Waals surface area contributed by atoms with Crippen molar-refractivity contribution < 1.29 is 22.7 Å². The van der Waals surface area contributed by atoms with Gasteiger partial charge < -0.3 is 5.11 Å². The summed E-state index contributed by atoms with van der Waals surface area (Å²) in [6, 6.07) is 4.29. The van der Waals surface area contributed by atoms with Crippen molar-refractivity contribution in [2.24, 2.45) is 0 Å². The number of anilines is 1. The fourth-order valence-electron chi connectivity index (χ4n) is 1.69. The van der Waals surface area contributed by atoms with E-state index in [1.165, 1.54) is 14.0 Å². The minimum atomic E-state index is -3.98. The molecule has 0 radical (unpaired) electrons. The number of aromatic carboxylic acids is 1. The SMILES string of the molecule is Cc1nsc(N(C)S(=O)(=O)c2ccc(F)cc2)c1C(=O)O. The van der Waals surface area contributed by atoms with E-state index in [2.05, 4.69) is 4.37 Å². The van der Waals surface area contributed by atoms with E-state index < -0.39 is 21.8 Å². The predicted octanol–water partition coefficient (Wildman–Crippen LogP) is 2.11. The van der Waals surface area contributed by atoms with Crippen LogP contribution in [0.5, 0.6) is 0 Å². The molecule has 0 fully saturated rings. The molecule has 1 heterocycles. The summed E-state index contributed by atoms with van der Waals surface area (Å²) in [7, 11) is -2.74. The fourth-order valence-corrected chi connectivity index (χ4v) is 3.95. The summed E-state index contributed by atoms with van der Waals surface area (Å²) in [4.78, 5) is 11.1. The van der Waals surface area contributed by atoms with E-state index in [0.29, 0.717) is 0 Å². The van der Waals surface area contributed by atoms with Gasteiger partial charge in [0.15, 0.2) is 0 Å². The maximum Gasteiger partial charge on any atom is 0.340 e. The minimum absolute atomic E-state index is 0.00400. The van der Waals surface area contributed by atoms with Crippen LogP contribution in [-0.4, -0.2) is 30.9 Å². The summed E-state index contributed by atoms with van der Waals surface area (Å²) >= 11 is 0.779. The summed E-state index contributed by atoms with van der Waals surface area (Å²) in [5.41, 5.74) is 0.0804. The van der Waals surface area contributed by atoms with Crippen molar-refractivity contribution in [3.63, 3.8) is 0 Å². The second-order valence-corrected chi connectivity index (χ2v) is 6.90. The first-order valence-electron chi connectivity index (χ1n) is 5.69. The highest BCUT2D eigenvalue weighted by Gasteiger charge is 2.28. The zero-order chi connectivity index (χ0) is 15.8. The van der Waals surface area contributed by atoms with E-state index in [1.807, 2.05) is 0 Å². The topological polar surface area (TPSA) is 87.6 Å². The highest BCUT2D eigenvalue weighted by Crippen LogP contribution is 2.31. The summed E-state index contributed by atoms with van der Waals surface area (Å²) in [6.07, 6.45) is 0. The van der Waals surface area contributed by atoms with Crippen molar-refractivity contribution in [3.05, 3.63) is 41.3 Å². The van der Waals surface area contributed by atoms with Crippen LogP contribution in [0, 0.1) is 12.7 Å². The number of rotatable bonds is 4. The van der Waals surface area contributed by atoms with Gasteiger partial charge in [0.2, 0.25) is 0 Å². The number of carboxylic acids is 1. The van der Waals surface area contributed by atoms with Gasteiger partial charge in [0, 0.05) is 7.05 Å². The maximum atomic E-state index is 12.9. The summed E-state index contributed by atoms with van der Waals surface area (Å²) < 4.78 is 42.4. The van der Waals surface area contributed by atoms with Crippen molar-refractivity contribution in [1.82, 2.24) is 4.37 Å². The first-order valence-corrected chi connectivity index (χ1v) is 7.90. The van der Waals surface area contributed by atoms with E-state index in [1.54, 1.807) is 0 Å². The highest BCUT2D eigenvalue weighted by atomic mass is 32.2. The average molecular weight is 330 g/mol. The molecule has 0 amide bonds. The van der Waals surface area contributed by atoms with Crippen LogP contribution < -0.4 is 4.31 Å². The fraction of sp³-hybridized carbons (Fsp3) is 0.167. The van der Waals surface area contributed by atoms with Crippen molar-refractivity contribution >= 4 is 32.5 Å². The van der Waals surface area contributed by atoms with E-state index in [0.717, 1.165) is 40.1 Å². The molecule has 0 bridgehead atoms. The van der Waals surface area contributed by atoms with Crippen molar-refractivity contribution in [2.75, 3.05) is 11.4 Å². The lowest BCUT2D eigenvalue weighted by Gasteiger charge is -2.18. The third-order valence-electron chi connectivity index (χ3n) is 2.82. The van der Waals surface area contributed by atoms with Crippen molar-refractivity contribution in [2.45, 2.75) is 11.8 Å². The van der Waals surface area contributed by atoms with Crippen LogP contribution in [0.1, 0.15) is 16.1 Å². The number of hydrogen-bond acceptors (Lipinski definition) is 5. The van der Waals surface area contributed by atoms with Crippen LogP contribution in [0.25, 0.3) is 0 Å². The molecule has 0 unspecified atom stereocenters. The van der Waals surface area contributed by atoms with Gasteiger partial charge >= 0.3 is 5.97 Å². The summed E-state index contributed by atoms with van der Waals surface area (Å²) in [5.74, 6) is -1.81. The molecule has 0 saturated carbocycles. The molecule has 9 heteroatoms. The zero-order valence-corrected chi connectivity index (χ0v) is 12.7. The third kappa shape index (κ3) is 2.74. The van der Waals surface area contributed by atoms with Gasteiger partial charge in [-0.3, -0.25) is 4.31 Å². The quantitative estimate of drug-likeness (QED) is 0.927. The van der Waals surface area contributed by atoms with Crippen molar-refractivity contribution in [1.29, 1.82) is 0 Å². The van der Waals surface area contributed by atoms with Crippen LogP contribution in [0.2, 0.25) is 0 Å². The molecule has 0 aliphatic carbocycles. The van der Waals surface area contributed by atoms with Crippen LogP contribution in [0.3, 0.4) is 0 Å². The standard InChI is InChI=1S/C12H11FN2O4S2/c1-7-10(12(16)17)11(20-14-7)15(2)21(18,19)9-5-3-8(13)4-6-9/h3-6H,1-2H3,(H,16,17). The van der Waals surface area contributed by atoms with Gasteiger partial charge in [-0.15, -0.1) is 0 Å². The normalized spacial score (nSPS) is 11.4. The van der Waals surface area contributed by atoms with Gasteiger partial charge in [0.1, 0.15) is 16.4 Å². The van der Waals surface area contributed by atoms with Gasteiger partial charge in [-0.1, -0.05) is 0 Å². The Morgan fingerprint density at radius 1 is 1.33 bits per heavy atom. The predicted molar refractivity (Wildman–Crippen MR) is 75.8 cm³/mol. The first-order chi connectivity index (χ1) is 9.75. The molecule has 1 aromatic heterocycles. The molecule has 2 rings (SSSR count). The number of carboxylic acid groups (broad SMARTS) is 1. The smallest absolute Gasteiger partial charge is 0.340 e. The Balaban J connectivity index is 2.51. The second kappa shape index (κ2) is 5.41. The molecule has 0 aliphatic rings. The molecule has 2 aromatic rings. The van der Waals surface area contributed by atoms with Crippen LogP contribution in [-0.2, 0) is 10.0 Å². The van der Waals surface area contributed by atoms with E-state index >= 15 is 0 Å². The average Bonchev–Trinajstić information content (AvgIpc) is 2.80.